The van der Waals surface area contributed by atoms with E-state index in [1.807, 2.05) is 0 Å². The Morgan fingerprint density at radius 3 is 1.97 bits per heavy atom. The van der Waals surface area contributed by atoms with Gasteiger partial charge >= 0.3 is 11.7 Å². The van der Waals surface area contributed by atoms with Gasteiger partial charge in [-0.25, -0.2) is 8.42 Å². The van der Waals surface area contributed by atoms with Crippen LogP contribution < -0.4 is 0 Å². The number of sulfone groups is 1. The predicted molar refractivity (Wildman–Crippen MR) is 93.7 cm³/mol. The molecule has 1 aliphatic rings. The van der Waals surface area contributed by atoms with Gasteiger partial charge in [0.1, 0.15) is 5.71 Å². The Labute approximate surface area is 170 Å². The molecule has 0 radical (unpaired) electrons. The zero-order valence-corrected chi connectivity index (χ0v) is 15.7. The molecule has 0 spiro atoms. The Morgan fingerprint density at radius 1 is 0.968 bits per heavy atom. The summed E-state index contributed by atoms with van der Waals surface area (Å²) in [5.41, 5.74) is -13.4. The largest absolute Gasteiger partial charge is 0.498 e. The fourth-order valence-corrected chi connectivity index (χ4v) is 4.61. The van der Waals surface area contributed by atoms with Crippen molar-refractivity contribution in [1.29, 1.82) is 0 Å². The third kappa shape index (κ3) is 3.49. The summed E-state index contributed by atoms with van der Waals surface area (Å²) in [6.07, 6.45) is -5.72. The number of non-ortho nitro benzene ring substituents is 1. The van der Waals surface area contributed by atoms with Crippen LogP contribution in [0.4, 0.5) is 32.0 Å². The molecule has 0 N–H and O–H groups in total. The van der Waals surface area contributed by atoms with Gasteiger partial charge in [0, 0.05) is 23.3 Å². The summed E-state index contributed by atoms with van der Waals surface area (Å²) >= 11 is 0. The van der Waals surface area contributed by atoms with Gasteiger partial charge in [0.25, 0.3) is 21.1 Å². The molecule has 3 rings (SSSR count). The molecular weight excluding hydrogens is 458 g/mol. The smallest absolute Gasteiger partial charge is 0.372 e. The molecule has 7 nitrogen and oxygen atoms in total. The summed E-state index contributed by atoms with van der Waals surface area (Å²) in [6, 6.07) is 8.20. The molecular formula is C17H10F6N2O5S. The molecule has 0 aliphatic carbocycles. The van der Waals surface area contributed by atoms with Crippen LogP contribution >= 0.6 is 0 Å². The van der Waals surface area contributed by atoms with Crippen LogP contribution in [0.1, 0.15) is 11.1 Å². The molecule has 0 amide bonds. The fourth-order valence-electron chi connectivity index (χ4n) is 3.12. The average molecular weight is 468 g/mol. The number of halogens is 6. The van der Waals surface area contributed by atoms with Crippen molar-refractivity contribution in [2.24, 2.45) is 5.16 Å². The van der Waals surface area contributed by atoms with Crippen LogP contribution in [-0.4, -0.2) is 36.0 Å². The second-order valence-electron chi connectivity index (χ2n) is 6.34. The zero-order valence-electron chi connectivity index (χ0n) is 14.9. The molecule has 1 aliphatic heterocycles. The van der Waals surface area contributed by atoms with Gasteiger partial charge in [-0.2, -0.15) is 26.3 Å². The van der Waals surface area contributed by atoms with Crippen molar-refractivity contribution in [1.82, 2.24) is 0 Å². The summed E-state index contributed by atoms with van der Waals surface area (Å²) < 4.78 is 108. The molecule has 0 saturated heterocycles. The second kappa shape index (κ2) is 7.21. The monoisotopic (exact) mass is 468 g/mol. The molecule has 166 valence electrons. The molecule has 2 aromatic rings. The van der Waals surface area contributed by atoms with E-state index in [1.165, 1.54) is 18.2 Å². The average Bonchev–Trinajstić information content (AvgIpc) is 3.10. The van der Waals surface area contributed by atoms with Crippen molar-refractivity contribution < 1.29 is 44.5 Å². The lowest BCUT2D eigenvalue weighted by atomic mass is 9.86. The Hall–Kier alpha value is -3.16. The van der Waals surface area contributed by atoms with E-state index in [-0.39, 0.29) is 5.56 Å². The minimum atomic E-state index is -6.55. The molecule has 0 saturated carbocycles. The molecule has 31 heavy (non-hydrogen) atoms. The molecule has 0 bridgehead atoms. The van der Waals surface area contributed by atoms with Crippen molar-refractivity contribution in [2.75, 3.05) is 0 Å². The number of rotatable bonds is 4. The number of hydrogen-bond donors (Lipinski definition) is 0. The zero-order chi connectivity index (χ0) is 23.2. The summed E-state index contributed by atoms with van der Waals surface area (Å²) in [5.74, 6) is 0. The number of benzene rings is 2. The van der Waals surface area contributed by atoms with E-state index >= 15 is 0 Å². The fraction of sp³-hybridized carbons (Fsp3) is 0.235. The lowest BCUT2D eigenvalue weighted by Gasteiger charge is -2.35. The lowest BCUT2D eigenvalue weighted by Crippen LogP contribution is -2.58. The van der Waals surface area contributed by atoms with E-state index in [2.05, 4.69) is 9.99 Å². The maximum Gasteiger partial charge on any atom is 0.498 e. The third-order valence-corrected chi connectivity index (χ3v) is 6.36. The van der Waals surface area contributed by atoms with E-state index in [9.17, 15) is 44.9 Å². The highest BCUT2D eigenvalue weighted by molar-refractivity contribution is 7.93. The molecule has 2 aromatic carbocycles. The first-order valence-corrected chi connectivity index (χ1v) is 9.71. The highest BCUT2D eigenvalue weighted by Gasteiger charge is 2.75. The summed E-state index contributed by atoms with van der Waals surface area (Å²) in [6.45, 7) is 0. The second-order valence-corrected chi connectivity index (χ2v) is 8.37. The standard InChI is InChI=1S/C17H10F6N2O5S/c18-16(19,20)15(11-6-8-12(9-7-11)25(26)27)14(31(28,29)17(21,22)23)13(24-30-15)10-4-2-1-3-5-10/h1-9,14H/t14-,15-/m0/s1. The van der Waals surface area contributed by atoms with E-state index in [4.69, 9.17) is 0 Å². The van der Waals surface area contributed by atoms with Gasteiger partial charge in [-0.1, -0.05) is 35.5 Å². The maximum absolute atomic E-state index is 14.3. The third-order valence-electron chi connectivity index (χ3n) is 4.54. The quantitative estimate of drug-likeness (QED) is 0.383. The van der Waals surface area contributed by atoms with Gasteiger partial charge in [-0.05, 0) is 12.1 Å². The van der Waals surface area contributed by atoms with Crippen molar-refractivity contribution in [3.63, 3.8) is 0 Å². The van der Waals surface area contributed by atoms with Crippen LogP contribution in [-0.2, 0) is 20.3 Å². The van der Waals surface area contributed by atoms with Gasteiger partial charge in [0.15, 0.2) is 5.25 Å². The lowest BCUT2D eigenvalue weighted by molar-refractivity contribution is -0.384. The predicted octanol–water partition coefficient (Wildman–Crippen LogP) is 4.09. The molecule has 0 unspecified atom stereocenters. The number of oxime groups is 1. The normalized spacial score (nSPS) is 22.0. The van der Waals surface area contributed by atoms with Crippen molar-refractivity contribution in [2.45, 2.75) is 22.5 Å². The Kier molecular flexibility index (Phi) is 5.24. The van der Waals surface area contributed by atoms with Crippen LogP contribution in [0.15, 0.2) is 59.8 Å². The first-order valence-electron chi connectivity index (χ1n) is 8.17. The van der Waals surface area contributed by atoms with Crippen LogP contribution in [0.25, 0.3) is 0 Å². The van der Waals surface area contributed by atoms with Crippen molar-refractivity contribution in [3.8, 4) is 0 Å². The topological polar surface area (TPSA) is 98.9 Å². The Bertz CT molecular complexity index is 1130. The minimum Gasteiger partial charge on any atom is -0.372 e. The van der Waals surface area contributed by atoms with E-state index in [0.29, 0.717) is 24.3 Å². The molecule has 1 heterocycles. The van der Waals surface area contributed by atoms with E-state index in [1.54, 1.807) is 0 Å². The number of hydrogen-bond acceptors (Lipinski definition) is 6. The summed E-state index contributed by atoms with van der Waals surface area (Å²) in [5, 5.41) is 10.5. The number of nitrogens with zero attached hydrogens (tertiary/aromatic N) is 2. The minimum absolute atomic E-state index is 0.339. The van der Waals surface area contributed by atoms with E-state index < -0.39 is 54.3 Å². The van der Waals surface area contributed by atoms with Crippen molar-refractivity contribution >= 4 is 21.2 Å². The van der Waals surface area contributed by atoms with Crippen molar-refractivity contribution in [3.05, 3.63) is 75.8 Å². The Balaban J connectivity index is 2.33. The van der Waals surface area contributed by atoms with Gasteiger partial charge < -0.3 is 4.84 Å². The molecule has 2 atom stereocenters. The van der Waals surface area contributed by atoms with Gasteiger partial charge in [-0.3, -0.25) is 10.1 Å². The molecule has 14 heteroatoms. The highest BCUT2D eigenvalue weighted by Crippen LogP contribution is 2.53. The summed E-state index contributed by atoms with van der Waals surface area (Å²) in [7, 11) is -6.55. The van der Waals surface area contributed by atoms with Gasteiger partial charge in [-0.15, -0.1) is 0 Å². The van der Waals surface area contributed by atoms with Gasteiger partial charge in [0.2, 0.25) is 0 Å². The first kappa shape index (κ1) is 22.5. The SMILES string of the molecule is O=[N+]([O-])c1ccc([C@]2(C(F)(F)F)ON=C(c3ccccc3)[C@@H]2S(=O)(=O)C(F)(F)F)cc1. The van der Waals surface area contributed by atoms with Crippen LogP contribution in [0.2, 0.25) is 0 Å². The van der Waals surface area contributed by atoms with Gasteiger partial charge in [0.05, 0.1) is 4.92 Å². The Morgan fingerprint density at radius 2 is 1.52 bits per heavy atom. The maximum atomic E-state index is 14.3. The van der Waals surface area contributed by atoms with Crippen LogP contribution in [0, 0.1) is 10.1 Å². The number of nitro groups is 1. The number of nitro benzene ring substituents is 1. The highest BCUT2D eigenvalue weighted by atomic mass is 32.2. The van der Waals surface area contributed by atoms with E-state index in [0.717, 1.165) is 12.1 Å². The molecule has 0 aromatic heterocycles. The summed E-state index contributed by atoms with van der Waals surface area (Å²) in [4.78, 5) is 14.3. The number of alkyl halides is 6. The van der Waals surface area contributed by atoms with Crippen LogP contribution in [0.5, 0.6) is 0 Å². The van der Waals surface area contributed by atoms with Crippen LogP contribution in [0.3, 0.4) is 0 Å². The molecule has 0 fully saturated rings. The first-order chi connectivity index (χ1) is 14.2.